The van der Waals surface area contributed by atoms with Gasteiger partial charge in [-0.05, 0) is 128 Å². The number of nitrogens with two attached hydrogens (primary N) is 2. The molecule has 0 fully saturated rings. The summed E-state index contributed by atoms with van der Waals surface area (Å²) in [4.78, 5) is 126. The molecule has 0 aliphatic heterocycles. The van der Waals surface area contributed by atoms with E-state index >= 15 is 0 Å². The lowest BCUT2D eigenvalue weighted by atomic mass is 9.92. The Labute approximate surface area is 591 Å². The molecule has 0 saturated carbocycles. The van der Waals surface area contributed by atoms with E-state index in [1.165, 1.54) is 162 Å². The maximum atomic E-state index is 14.5. The van der Waals surface area contributed by atoms with Crippen molar-refractivity contribution in [3.8, 4) is 0 Å². The molecule has 0 aromatic heterocycles. The van der Waals surface area contributed by atoms with E-state index in [2.05, 4.69) is 61.7 Å². The van der Waals surface area contributed by atoms with E-state index in [9.17, 15) is 43.2 Å². The van der Waals surface area contributed by atoms with Gasteiger partial charge in [0.1, 0.15) is 48.3 Å². The van der Waals surface area contributed by atoms with Crippen LogP contribution in [0, 0.1) is 29.6 Å². The second-order valence-corrected chi connectivity index (χ2v) is 30.0. The Kier molecular flexibility index (Phi) is 56.0. The second-order valence-electron chi connectivity index (χ2n) is 30.0. The maximum Gasteiger partial charge on any atom is 0.243 e. The highest BCUT2D eigenvalue weighted by molar-refractivity contribution is 5.98. The predicted molar refractivity (Wildman–Crippen MR) is 398 cm³/mol. The number of likely N-dealkylation sites (N-methyl/N-ethyl adjacent to an activating group) is 1. The van der Waals surface area contributed by atoms with Crippen LogP contribution in [0.2, 0.25) is 0 Å². The van der Waals surface area contributed by atoms with Crippen molar-refractivity contribution < 1.29 is 43.2 Å². The topological polar surface area (TPSA) is 314 Å². The van der Waals surface area contributed by atoms with Gasteiger partial charge in [0.15, 0.2) is 0 Å². The van der Waals surface area contributed by atoms with Crippen molar-refractivity contribution in [2.75, 3.05) is 20.1 Å². The lowest BCUT2D eigenvalue weighted by Gasteiger charge is -2.28. The van der Waals surface area contributed by atoms with Crippen LogP contribution in [0.4, 0.5) is 0 Å². The molecule has 566 valence electrons. The van der Waals surface area contributed by atoms with Crippen molar-refractivity contribution in [3.63, 3.8) is 0 Å². The van der Waals surface area contributed by atoms with Crippen molar-refractivity contribution in [2.45, 2.75) is 388 Å². The number of hydrogen-bond acceptors (Lipinski definition) is 11. The Morgan fingerprint density at radius 1 is 0.247 bits per heavy atom. The minimum atomic E-state index is -1.17. The minimum absolute atomic E-state index is 0.0480. The molecule has 0 heterocycles. The van der Waals surface area contributed by atoms with Gasteiger partial charge in [-0.15, -0.1) is 0 Å². The molecule has 0 aliphatic carbocycles. The van der Waals surface area contributed by atoms with Crippen molar-refractivity contribution in [3.05, 3.63) is 0 Å². The van der Waals surface area contributed by atoms with Gasteiger partial charge in [-0.1, -0.05) is 249 Å². The van der Waals surface area contributed by atoms with Crippen LogP contribution in [-0.2, 0) is 43.2 Å². The molecule has 0 saturated heterocycles. The van der Waals surface area contributed by atoms with Gasteiger partial charge in [-0.25, -0.2) is 0 Å². The molecule has 13 N–H and O–H groups in total. The second kappa shape index (κ2) is 58.9. The third-order valence-corrected chi connectivity index (χ3v) is 18.5. The van der Waals surface area contributed by atoms with E-state index < -0.39 is 89.7 Å². The third-order valence-electron chi connectivity index (χ3n) is 18.5. The van der Waals surface area contributed by atoms with Gasteiger partial charge in [0, 0.05) is 13.0 Å². The van der Waals surface area contributed by atoms with Gasteiger partial charge in [0.05, 0.1) is 0 Å². The quantitative estimate of drug-likeness (QED) is 0.0254. The van der Waals surface area contributed by atoms with Crippen LogP contribution in [0.25, 0.3) is 0 Å². The standard InChI is InChI=1S/C77H149N11O9/c1-14-16-18-20-22-24-26-28-30-32-34-36-38-40-46-62(47-41-39-37-35-33-31-29-27-25-23-21-19-17-15-2)71(91)83-63(48-42-44-50-78)73(93)87-66(53-57(5)6)75(95)82-61(12)70(90)86-68(55-59(9)10)77(97)84-64(49-43-45-51-79)74(94)88-67(54-58(7)8)76(96)81-60(11)69(89)85-65(52-56(3)4)72(92)80-13/h56-68H,14-55,78-79H2,1-13H3,(H,80,92)(H,81,96)(H,82,95)(H,83,91)(H,84,97)(H,85,89)(H,86,90)(H,87,93)(H,88,94)/t60-,61-,63-,64-,65-,66-,67-,68-/m0/s1. The molecule has 0 aliphatic rings. The molecule has 20 nitrogen and oxygen atoms in total. The smallest absolute Gasteiger partial charge is 0.243 e. The van der Waals surface area contributed by atoms with Gasteiger partial charge in [0.25, 0.3) is 0 Å². The van der Waals surface area contributed by atoms with Crippen LogP contribution < -0.4 is 59.3 Å². The van der Waals surface area contributed by atoms with Crippen LogP contribution in [0.3, 0.4) is 0 Å². The summed E-state index contributed by atoms with van der Waals surface area (Å²) < 4.78 is 0. The number of carbonyl (C=O) groups excluding carboxylic acids is 9. The Morgan fingerprint density at radius 2 is 0.464 bits per heavy atom. The largest absolute Gasteiger partial charge is 0.357 e. The first-order valence-electron chi connectivity index (χ1n) is 39.4. The van der Waals surface area contributed by atoms with Gasteiger partial charge >= 0.3 is 0 Å². The van der Waals surface area contributed by atoms with E-state index in [-0.39, 0.29) is 67.1 Å². The van der Waals surface area contributed by atoms with E-state index in [1.54, 1.807) is 0 Å². The highest BCUT2D eigenvalue weighted by atomic mass is 16.2. The molecule has 0 bridgehead atoms. The summed E-state index contributed by atoms with van der Waals surface area (Å²) in [5, 5.41) is 25.3. The van der Waals surface area contributed by atoms with E-state index in [0.29, 0.717) is 51.6 Å². The first-order chi connectivity index (χ1) is 46.3. The molecule has 9 amide bonds. The van der Waals surface area contributed by atoms with Gasteiger partial charge in [-0.3, -0.25) is 43.2 Å². The zero-order valence-electron chi connectivity index (χ0n) is 64.0. The lowest BCUT2D eigenvalue weighted by Crippen LogP contribution is -2.60. The molecular formula is C77H149N11O9. The van der Waals surface area contributed by atoms with Crippen molar-refractivity contribution in [2.24, 2.45) is 41.1 Å². The predicted octanol–water partition coefficient (Wildman–Crippen LogP) is 12.5. The Bertz CT molecular complexity index is 2080. The van der Waals surface area contributed by atoms with E-state index in [4.69, 9.17) is 11.5 Å². The summed E-state index contributed by atoms with van der Waals surface area (Å²) >= 11 is 0. The fourth-order valence-electron chi connectivity index (χ4n) is 12.5. The van der Waals surface area contributed by atoms with Crippen molar-refractivity contribution in [1.82, 2.24) is 47.9 Å². The van der Waals surface area contributed by atoms with Gasteiger partial charge < -0.3 is 59.3 Å². The molecule has 0 spiro atoms. The van der Waals surface area contributed by atoms with Crippen LogP contribution >= 0.6 is 0 Å². The third kappa shape index (κ3) is 47.8. The first-order valence-corrected chi connectivity index (χ1v) is 39.4. The fraction of sp³-hybridized carbons (Fsp3) is 0.883. The molecule has 0 aromatic carbocycles. The Hall–Kier alpha value is -4.85. The number of unbranched alkanes of at least 4 members (excludes halogenated alkanes) is 28. The van der Waals surface area contributed by atoms with E-state index in [0.717, 1.165) is 51.4 Å². The zero-order chi connectivity index (χ0) is 72.8. The van der Waals surface area contributed by atoms with Gasteiger partial charge in [0.2, 0.25) is 53.2 Å². The first kappa shape index (κ1) is 92.2. The maximum absolute atomic E-state index is 14.5. The Morgan fingerprint density at radius 3 is 0.732 bits per heavy atom. The summed E-state index contributed by atoms with van der Waals surface area (Å²) in [6.07, 6.45) is 40.4. The Balaban J connectivity index is 6.31. The molecule has 97 heavy (non-hydrogen) atoms. The van der Waals surface area contributed by atoms with Gasteiger partial charge in [-0.2, -0.15) is 0 Å². The summed E-state index contributed by atoms with van der Waals surface area (Å²) in [7, 11) is 1.48. The summed E-state index contributed by atoms with van der Waals surface area (Å²) in [6.45, 7) is 23.5. The molecule has 0 rings (SSSR count). The van der Waals surface area contributed by atoms with Crippen LogP contribution in [0.1, 0.15) is 340 Å². The highest BCUT2D eigenvalue weighted by Crippen LogP contribution is 2.23. The lowest BCUT2D eigenvalue weighted by molar-refractivity contribution is -0.136. The minimum Gasteiger partial charge on any atom is -0.357 e. The molecule has 0 aromatic rings. The molecule has 20 heteroatoms. The average molecular weight is 1370 g/mol. The summed E-state index contributed by atoms with van der Waals surface area (Å²) in [6, 6.07) is -8.39. The van der Waals surface area contributed by atoms with Crippen molar-refractivity contribution in [1.29, 1.82) is 0 Å². The monoisotopic (exact) mass is 1370 g/mol. The van der Waals surface area contributed by atoms with Crippen LogP contribution in [0.5, 0.6) is 0 Å². The average Bonchev–Trinajstić information content (AvgIpc) is 1.24. The van der Waals surface area contributed by atoms with Crippen LogP contribution in [0.15, 0.2) is 0 Å². The van der Waals surface area contributed by atoms with Crippen LogP contribution in [-0.4, -0.2) is 122 Å². The number of carbonyl (C=O) groups is 9. The normalized spacial score (nSPS) is 14.1. The van der Waals surface area contributed by atoms with E-state index in [1.807, 2.05) is 55.4 Å². The summed E-state index contributed by atoms with van der Waals surface area (Å²) in [5.41, 5.74) is 11.8. The SMILES string of the molecule is CCCCCCCCCCCCCCCCC(CCCCCCCCCCCCCCCC)C(=O)N[C@@H](CCCCN)C(=O)N[C@@H](CC(C)C)C(=O)N[C@@H](C)C(=O)N[C@@H](CC(C)C)C(=O)N[C@@H](CCCCN)C(=O)N[C@@H](CC(C)C)C(=O)N[C@@H](C)C(=O)N[C@@H](CC(C)C)C(=O)NC. The zero-order valence-corrected chi connectivity index (χ0v) is 64.0. The number of rotatable bonds is 63. The number of hydrogen-bond donors (Lipinski definition) is 11. The number of amides is 9. The molecule has 8 atom stereocenters. The summed E-state index contributed by atoms with van der Waals surface area (Å²) in [5.74, 6) is -5.08. The molecular weight excluding hydrogens is 1220 g/mol. The van der Waals surface area contributed by atoms with Crippen molar-refractivity contribution >= 4 is 53.2 Å². The molecule has 0 radical (unpaired) electrons. The highest BCUT2D eigenvalue weighted by Gasteiger charge is 2.35. The fourth-order valence-corrected chi connectivity index (χ4v) is 12.5. The number of nitrogens with one attached hydrogen (secondary N) is 9. The molecule has 0 unspecified atom stereocenters.